The van der Waals surface area contributed by atoms with Gasteiger partial charge in [0.05, 0.1) is 12.0 Å². The second kappa shape index (κ2) is 8.56. The molecule has 2 aromatic rings. The van der Waals surface area contributed by atoms with Crippen molar-refractivity contribution in [2.45, 2.75) is 39.2 Å². The Morgan fingerprint density at radius 2 is 1.96 bits per heavy atom. The van der Waals surface area contributed by atoms with Crippen LogP contribution in [0.5, 0.6) is 0 Å². The first-order chi connectivity index (χ1) is 13.4. The molecule has 28 heavy (non-hydrogen) atoms. The smallest absolute Gasteiger partial charge is 0.305 e. The van der Waals surface area contributed by atoms with E-state index in [1.165, 1.54) is 12.1 Å². The van der Waals surface area contributed by atoms with Crippen LogP contribution >= 0.6 is 0 Å². The Morgan fingerprint density at radius 3 is 2.61 bits per heavy atom. The van der Waals surface area contributed by atoms with Gasteiger partial charge in [0, 0.05) is 42.9 Å². The Kier molecular flexibility index (Phi) is 6.14. The minimum Gasteiger partial charge on any atom is -0.481 e. The number of carboxylic acid groups (broad SMARTS) is 1. The summed E-state index contributed by atoms with van der Waals surface area (Å²) < 4.78 is 20.9. The summed E-state index contributed by atoms with van der Waals surface area (Å²) in [5.41, 5.74) is 2.69. The number of hydrogen-bond acceptors (Lipinski definition) is 3. The van der Waals surface area contributed by atoms with Crippen LogP contribution in [0.15, 0.2) is 30.3 Å². The summed E-state index contributed by atoms with van der Waals surface area (Å²) in [4.78, 5) is 26.1. The van der Waals surface area contributed by atoms with Gasteiger partial charge in [0.2, 0.25) is 0 Å². The molecule has 0 spiro atoms. The second-order valence-corrected chi connectivity index (χ2v) is 7.09. The predicted octanol–water partition coefficient (Wildman–Crippen LogP) is 3.33. The van der Waals surface area contributed by atoms with E-state index in [4.69, 9.17) is 9.84 Å². The van der Waals surface area contributed by atoms with Gasteiger partial charge in [-0.2, -0.15) is 0 Å². The van der Waals surface area contributed by atoms with Crippen molar-refractivity contribution < 1.29 is 23.8 Å². The molecule has 6 nitrogen and oxygen atoms in total. The molecule has 1 aliphatic heterocycles. The summed E-state index contributed by atoms with van der Waals surface area (Å²) in [6.45, 7) is 4.96. The van der Waals surface area contributed by atoms with Crippen LogP contribution in [0.2, 0.25) is 0 Å². The number of ether oxygens (including phenoxy) is 1. The fraction of sp³-hybridized carbons (Fsp3) is 0.429. The van der Waals surface area contributed by atoms with Crippen LogP contribution < -0.4 is 0 Å². The second-order valence-electron chi connectivity index (χ2n) is 7.09. The zero-order valence-corrected chi connectivity index (χ0v) is 16.2. The summed E-state index contributed by atoms with van der Waals surface area (Å²) in [5.74, 6) is -1.47. The van der Waals surface area contributed by atoms with Gasteiger partial charge in [-0.1, -0.05) is 6.07 Å². The first kappa shape index (κ1) is 20.1. The van der Waals surface area contributed by atoms with E-state index >= 15 is 0 Å². The van der Waals surface area contributed by atoms with Crippen LogP contribution in [-0.2, 0) is 9.53 Å². The predicted molar refractivity (Wildman–Crippen MR) is 102 cm³/mol. The Bertz CT molecular complexity index is 871. The van der Waals surface area contributed by atoms with E-state index in [0.29, 0.717) is 43.0 Å². The molecular formula is C21H25FN2O4. The van der Waals surface area contributed by atoms with Crippen molar-refractivity contribution in [1.82, 2.24) is 9.47 Å². The minimum atomic E-state index is -0.935. The third kappa shape index (κ3) is 4.25. The summed E-state index contributed by atoms with van der Waals surface area (Å²) in [6, 6.07) is 7.97. The SMILES string of the molecule is Cc1cc(C(=O)N(CCC(=O)O)C2CCOCC2)c(C)n1-c1cccc(F)c1. The minimum absolute atomic E-state index is 0.0437. The third-order valence-electron chi connectivity index (χ3n) is 5.19. The van der Waals surface area contributed by atoms with Gasteiger partial charge in [0.1, 0.15) is 5.82 Å². The maximum Gasteiger partial charge on any atom is 0.305 e. The zero-order chi connectivity index (χ0) is 20.3. The standard InChI is InChI=1S/C21H25FN2O4/c1-14-12-19(15(2)24(14)18-5-3-4-16(22)13-18)21(27)23(9-6-20(25)26)17-7-10-28-11-8-17/h3-5,12-13,17H,6-11H2,1-2H3,(H,25,26). The Morgan fingerprint density at radius 1 is 1.25 bits per heavy atom. The van der Waals surface area contributed by atoms with Gasteiger partial charge in [-0.25, -0.2) is 4.39 Å². The molecule has 1 aliphatic rings. The van der Waals surface area contributed by atoms with Crippen LogP contribution in [0.4, 0.5) is 4.39 Å². The number of aromatic nitrogens is 1. The van der Waals surface area contributed by atoms with Gasteiger partial charge in [0.15, 0.2) is 0 Å². The number of aliphatic carboxylic acids is 1. The van der Waals surface area contributed by atoms with Gasteiger partial charge in [-0.15, -0.1) is 0 Å². The molecule has 2 heterocycles. The highest BCUT2D eigenvalue weighted by atomic mass is 19.1. The van der Waals surface area contributed by atoms with E-state index in [2.05, 4.69) is 0 Å². The molecule has 0 atom stereocenters. The molecule has 0 saturated carbocycles. The number of carbonyl (C=O) groups is 2. The van der Waals surface area contributed by atoms with Crippen LogP contribution in [0.3, 0.4) is 0 Å². The fourth-order valence-corrected chi connectivity index (χ4v) is 3.81. The van der Waals surface area contributed by atoms with Crippen LogP contribution in [0.1, 0.15) is 41.0 Å². The average Bonchev–Trinajstić information content (AvgIpc) is 2.96. The van der Waals surface area contributed by atoms with Crippen molar-refractivity contribution in [2.24, 2.45) is 0 Å². The first-order valence-corrected chi connectivity index (χ1v) is 9.44. The molecule has 1 aromatic heterocycles. The molecule has 1 saturated heterocycles. The van der Waals surface area contributed by atoms with E-state index < -0.39 is 5.97 Å². The number of carboxylic acids is 1. The van der Waals surface area contributed by atoms with E-state index in [1.54, 1.807) is 23.1 Å². The molecule has 3 rings (SSSR count). The monoisotopic (exact) mass is 388 g/mol. The van der Waals surface area contributed by atoms with Gasteiger partial charge in [-0.05, 0) is 51.0 Å². The number of aryl methyl sites for hydroxylation is 1. The molecule has 0 bridgehead atoms. The van der Waals surface area contributed by atoms with E-state index in [1.807, 2.05) is 18.4 Å². The lowest BCUT2D eigenvalue weighted by atomic mass is 10.0. The number of carbonyl (C=O) groups excluding carboxylic acids is 1. The highest BCUT2D eigenvalue weighted by molar-refractivity contribution is 5.96. The van der Waals surface area contributed by atoms with Gasteiger partial charge >= 0.3 is 5.97 Å². The first-order valence-electron chi connectivity index (χ1n) is 9.44. The summed E-state index contributed by atoms with van der Waals surface area (Å²) >= 11 is 0. The number of rotatable bonds is 6. The summed E-state index contributed by atoms with van der Waals surface area (Å²) in [5, 5.41) is 9.09. The molecule has 0 unspecified atom stereocenters. The average molecular weight is 388 g/mol. The maximum absolute atomic E-state index is 13.7. The largest absolute Gasteiger partial charge is 0.481 e. The number of halogens is 1. The van der Waals surface area contributed by atoms with Crippen LogP contribution in [0, 0.1) is 19.7 Å². The fourth-order valence-electron chi connectivity index (χ4n) is 3.81. The van der Waals surface area contributed by atoms with Crippen molar-refractivity contribution in [3.8, 4) is 5.69 Å². The molecule has 1 fully saturated rings. The lowest BCUT2D eigenvalue weighted by Gasteiger charge is -2.34. The normalized spacial score (nSPS) is 14.8. The van der Waals surface area contributed by atoms with Gasteiger partial charge in [0.25, 0.3) is 5.91 Å². The van der Waals surface area contributed by atoms with Gasteiger partial charge in [-0.3, -0.25) is 9.59 Å². The van der Waals surface area contributed by atoms with Crippen LogP contribution in [-0.4, -0.2) is 52.3 Å². The van der Waals surface area contributed by atoms with Crippen molar-refractivity contribution >= 4 is 11.9 Å². The molecule has 1 aromatic carbocycles. The third-order valence-corrected chi connectivity index (χ3v) is 5.19. The number of hydrogen-bond donors (Lipinski definition) is 1. The van der Waals surface area contributed by atoms with Crippen LogP contribution in [0.25, 0.3) is 5.69 Å². The van der Waals surface area contributed by atoms with E-state index in [9.17, 15) is 14.0 Å². The van der Waals surface area contributed by atoms with E-state index in [-0.39, 0.29) is 30.7 Å². The highest BCUT2D eigenvalue weighted by Crippen LogP contribution is 2.25. The Labute approximate surface area is 163 Å². The molecule has 0 radical (unpaired) electrons. The molecular weight excluding hydrogens is 363 g/mol. The number of benzene rings is 1. The molecule has 1 amide bonds. The summed E-state index contributed by atoms with van der Waals surface area (Å²) in [6.07, 6.45) is 1.27. The number of amides is 1. The Hall–Kier alpha value is -2.67. The molecule has 0 aliphatic carbocycles. The van der Waals surface area contributed by atoms with Crippen molar-refractivity contribution in [1.29, 1.82) is 0 Å². The maximum atomic E-state index is 13.7. The van der Waals surface area contributed by atoms with Crippen molar-refractivity contribution in [3.63, 3.8) is 0 Å². The summed E-state index contributed by atoms with van der Waals surface area (Å²) in [7, 11) is 0. The molecule has 1 N–H and O–H groups in total. The molecule has 7 heteroatoms. The van der Waals surface area contributed by atoms with E-state index in [0.717, 1.165) is 5.69 Å². The zero-order valence-electron chi connectivity index (χ0n) is 16.2. The number of nitrogens with zero attached hydrogens (tertiary/aromatic N) is 2. The topological polar surface area (TPSA) is 71.8 Å². The Balaban J connectivity index is 1.94. The van der Waals surface area contributed by atoms with Gasteiger partial charge < -0.3 is 19.3 Å². The highest BCUT2D eigenvalue weighted by Gasteiger charge is 2.29. The molecule has 150 valence electrons. The lowest BCUT2D eigenvalue weighted by molar-refractivity contribution is -0.137. The lowest BCUT2D eigenvalue weighted by Crippen LogP contribution is -2.44. The quantitative estimate of drug-likeness (QED) is 0.824. The van der Waals surface area contributed by atoms with Crippen molar-refractivity contribution in [2.75, 3.05) is 19.8 Å². The van der Waals surface area contributed by atoms with Crippen molar-refractivity contribution in [3.05, 3.63) is 53.1 Å².